The topological polar surface area (TPSA) is 73.9 Å². The molecule has 1 aliphatic rings. The van der Waals surface area contributed by atoms with Gasteiger partial charge in [-0.15, -0.1) is 0 Å². The van der Waals surface area contributed by atoms with Gasteiger partial charge in [0.2, 0.25) is 0 Å². The molecule has 0 saturated carbocycles. The Morgan fingerprint density at radius 3 is 2.73 bits per heavy atom. The van der Waals surface area contributed by atoms with E-state index >= 15 is 0 Å². The number of urea groups is 1. The van der Waals surface area contributed by atoms with Gasteiger partial charge in [0.1, 0.15) is 6.04 Å². The van der Waals surface area contributed by atoms with E-state index in [2.05, 4.69) is 27.2 Å². The highest BCUT2D eigenvalue weighted by molar-refractivity contribution is 5.90. The minimum Gasteiger partial charge on any atom is -0.348 e. The molecule has 26 heavy (non-hydrogen) atoms. The van der Waals surface area contributed by atoms with Crippen molar-refractivity contribution in [3.05, 3.63) is 77.6 Å². The molecule has 3 heterocycles. The lowest BCUT2D eigenvalue weighted by molar-refractivity contribution is 0.192. The largest absolute Gasteiger partial charge is 0.348 e. The number of anilines is 1. The number of carbonyl (C=O) groups excluding carboxylic acids is 1. The van der Waals surface area contributed by atoms with Crippen LogP contribution in [0.1, 0.15) is 35.5 Å². The summed E-state index contributed by atoms with van der Waals surface area (Å²) in [5, 5.41) is 3.02. The number of fused-ring (bicyclic) bond motifs is 1. The number of rotatable bonds is 3. The standard InChI is InChI=1S/C20H21N5O/c1-2-14-3-5-16(6-4-14)24-20(26)25-12-9-17-18(23-13-22-17)19(25)15-7-10-21-11-8-15/h3-8,10-11,13,19H,2,9,12H2,1H3,(H,22,23)(H,24,26)/t19-/m0/s1. The van der Waals surface area contributed by atoms with Crippen LogP contribution in [0.4, 0.5) is 10.5 Å². The van der Waals surface area contributed by atoms with Crippen molar-refractivity contribution >= 4 is 11.7 Å². The number of nitrogens with one attached hydrogen (secondary N) is 2. The van der Waals surface area contributed by atoms with Crippen LogP contribution in [0, 0.1) is 0 Å². The zero-order valence-corrected chi connectivity index (χ0v) is 14.6. The molecule has 6 heteroatoms. The summed E-state index contributed by atoms with van der Waals surface area (Å²) in [6, 6.07) is 11.5. The van der Waals surface area contributed by atoms with Gasteiger partial charge in [0.15, 0.2) is 0 Å². The van der Waals surface area contributed by atoms with Gasteiger partial charge >= 0.3 is 6.03 Å². The van der Waals surface area contributed by atoms with Crippen molar-refractivity contribution in [2.45, 2.75) is 25.8 Å². The molecule has 2 N–H and O–H groups in total. The number of nitrogens with zero attached hydrogens (tertiary/aromatic N) is 3. The Morgan fingerprint density at radius 2 is 2.00 bits per heavy atom. The molecule has 0 aliphatic carbocycles. The van der Waals surface area contributed by atoms with Crippen LogP contribution in [0.3, 0.4) is 0 Å². The lowest BCUT2D eigenvalue weighted by Gasteiger charge is -2.35. The van der Waals surface area contributed by atoms with Gasteiger partial charge in [0, 0.05) is 36.7 Å². The highest BCUT2D eigenvalue weighted by Crippen LogP contribution is 2.33. The van der Waals surface area contributed by atoms with Gasteiger partial charge in [-0.05, 0) is 41.8 Å². The first-order valence-corrected chi connectivity index (χ1v) is 8.85. The highest BCUT2D eigenvalue weighted by atomic mass is 16.2. The van der Waals surface area contributed by atoms with E-state index in [1.165, 1.54) is 5.56 Å². The van der Waals surface area contributed by atoms with Crippen molar-refractivity contribution < 1.29 is 4.79 Å². The van der Waals surface area contributed by atoms with Crippen molar-refractivity contribution in [1.82, 2.24) is 19.9 Å². The van der Waals surface area contributed by atoms with Crippen LogP contribution < -0.4 is 5.32 Å². The normalized spacial score (nSPS) is 16.2. The molecule has 0 bridgehead atoms. The SMILES string of the molecule is CCc1ccc(NC(=O)N2CCc3[nH]cnc3[C@@H]2c2ccncc2)cc1. The van der Waals surface area contributed by atoms with Gasteiger partial charge < -0.3 is 15.2 Å². The second-order valence-electron chi connectivity index (χ2n) is 6.37. The first-order valence-electron chi connectivity index (χ1n) is 8.85. The zero-order chi connectivity index (χ0) is 17.9. The van der Waals surface area contributed by atoms with E-state index in [9.17, 15) is 4.79 Å². The molecule has 0 fully saturated rings. The fraction of sp³-hybridized carbons (Fsp3) is 0.250. The second-order valence-corrected chi connectivity index (χ2v) is 6.37. The molecule has 0 radical (unpaired) electrons. The number of amides is 2. The molecule has 3 aromatic rings. The molecule has 4 rings (SSSR count). The maximum absolute atomic E-state index is 13.0. The molecule has 132 valence electrons. The third-order valence-corrected chi connectivity index (χ3v) is 4.82. The van der Waals surface area contributed by atoms with Gasteiger partial charge in [-0.2, -0.15) is 0 Å². The highest BCUT2D eigenvalue weighted by Gasteiger charge is 2.34. The average Bonchev–Trinajstić information content (AvgIpc) is 3.17. The Balaban J connectivity index is 1.62. The monoisotopic (exact) mass is 347 g/mol. The van der Waals surface area contributed by atoms with Gasteiger partial charge in [-0.3, -0.25) is 4.98 Å². The molecule has 6 nitrogen and oxygen atoms in total. The summed E-state index contributed by atoms with van der Waals surface area (Å²) in [5.41, 5.74) is 5.04. The molecular formula is C20H21N5O. The lowest BCUT2D eigenvalue weighted by Crippen LogP contribution is -2.43. The van der Waals surface area contributed by atoms with E-state index in [0.29, 0.717) is 6.54 Å². The van der Waals surface area contributed by atoms with Crippen LogP contribution in [0.25, 0.3) is 0 Å². The van der Waals surface area contributed by atoms with Crippen LogP contribution in [0.5, 0.6) is 0 Å². The number of aromatic amines is 1. The number of hydrogen-bond donors (Lipinski definition) is 2. The van der Waals surface area contributed by atoms with E-state index in [1.54, 1.807) is 18.7 Å². The number of aromatic nitrogens is 3. The van der Waals surface area contributed by atoms with E-state index < -0.39 is 0 Å². The summed E-state index contributed by atoms with van der Waals surface area (Å²) in [6.07, 6.45) is 6.93. The summed E-state index contributed by atoms with van der Waals surface area (Å²) >= 11 is 0. The number of carbonyl (C=O) groups is 1. The van der Waals surface area contributed by atoms with E-state index in [4.69, 9.17) is 0 Å². The molecule has 2 aromatic heterocycles. The quantitative estimate of drug-likeness (QED) is 0.761. The lowest BCUT2D eigenvalue weighted by atomic mass is 9.97. The maximum Gasteiger partial charge on any atom is 0.322 e. The molecule has 2 amide bonds. The van der Waals surface area contributed by atoms with Crippen molar-refractivity contribution in [1.29, 1.82) is 0 Å². The van der Waals surface area contributed by atoms with Gasteiger partial charge in [0.25, 0.3) is 0 Å². The molecule has 1 aliphatic heterocycles. The number of hydrogen-bond acceptors (Lipinski definition) is 3. The average molecular weight is 347 g/mol. The summed E-state index contributed by atoms with van der Waals surface area (Å²) in [7, 11) is 0. The third kappa shape index (κ3) is 3.06. The maximum atomic E-state index is 13.0. The van der Waals surface area contributed by atoms with Gasteiger partial charge in [-0.25, -0.2) is 9.78 Å². The molecule has 0 saturated heterocycles. The fourth-order valence-corrected chi connectivity index (χ4v) is 3.40. The minimum absolute atomic E-state index is 0.121. The van der Waals surface area contributed by atoms with Gasteiger partial charge in [0.05, 0.1) is 12.0 Å². The van der Waals surface area contributed by atoms with E-state index in [-0.39, 0.29) is 12.1 Å². The molecular weight excluding hydrogens is 326 g/mol. The summed E-state index contributed by atoms with van der Waals surface area (Å²) in [6.45, 7) is 2.74. The molecule has 0 unspecified atom stereocenters. The van der Waals surface area contributed by atoms with Crippen molar-refractivity contribution in [2.75, 3.05) is 11.9 Å². The number of benzene rings is 1. The third-order valence-electron chi connectivity index (χ3n) is 4.82. The van der Waals surface area contributed by atoms with E-state index in [0.717, 1.165) is 35.5 Å². The number of pyridine rings is 1. The summed E-state index contributed by atoms with van der Waals surface area (Å²) < 4.78 is 0. The predicted molar refractivity (Wildman–Crippen MR) is 99.9 cm³/mol. The second kappa shape index (κ2) is 7.00. The van der Waals surface area contributed by atoms with E-state index in [1.807, 2.05) is 41.3 Å². The van der Waals surface area contributed by atoms with Crippen molar-refractivity contribution in [3.8, 4) is 0 Å². The van der Waals surface area contributed by atoms with Crippen LogP contribution in [0.15, 0.2) is 55.1 Å². The number of imidazole rings is 1. The smallest absolute Gasteiger partial charge is 0.322 e. The summed E-state index contributed by atoms with van der Waals surface area (Å²) in [4.78, 5) is 26.6. The first-order chi connectivity index (χ1) is 12.8. The Bertz CT molecular complexity index is 888. The minimum atomic E-state index is -0.220. The van der Waals surface area contributed by atoms with Gasteiger partial charge in [-0.1, -0.05) is 19.1 Å². The zero-order valence-electron chi connectivity index (χ0n) is 14.6. The van der Waals surface area contributed by atoms with Crippen molar-refractivity contribution in [2.24, 2.45) is 0 Å². The van der Waals surface area contributed by atoms with Crippen molar-refractivity contribution in [3.63, 3.8) is 0 Å². The first kappa shape index (κ1) is 16.3. The number of aryl methyl sites for hydroxylation is 1. The Labute approximate surface area is 152 Å². The Morgan fingerprint density at radius 1 is 1.23 bits per heavy atom. The van der Waals surface area contributed by atoms with Crippen LogP contribution in [-0.2, 0) is 12.8 Å². The predicted octanol–water partition coefficient (Wildman–Crippen LogP) is 3.55. The van der Waals surface area contributed by atoms with Crippen LogP contribution >= 0.6 is 0 Å². The Hall–Kier alpha value is -3.15. The van der Waals surface area contributed by atoms with Crippen LogP contribution in [-0.4, -0.2) is 32.4 Å². The molecule has 1 aromatic carbocycles. The molecule has 0 spiro atoms. The number of H-pyrrole nitrogens is 1. The fourth-order valence-electron chi connectivity index (χ4n) is 3.40. The Kier molecular flexibility index (Phi) is 4.39. The summed E-state index contributed by atoms with van der Waals surface area (Å²) in [5.74, 6) is 0. The van der Waals surface area contributed by atoms with Crippen LogP contribution in [0.2, 0.25) is 0 Å². The molecule has 1 atom stereocenters.